The molecule has 2 aromatic heterocycles. The number of benzene rings is 1. The maximum absolute atomic E-state index is 12.7. The van der Waals surface area contributed by atoms with Crippen LogP contribution in [0.3, 0.4) is 0 Å². The summed E-state index contributed by atoms with van der Waals surface area (Å²) in [7, 11) is -3.68. The lowest BCUT2D eigenvalue weighted by Crippen LogP contribution is -2.28. The van der Waals surface area contributed by atoms with Gasteiger partial charge in [0.2, 0.25) is 0 Å². The van der Waals surface area contributed by atoms with E-state index < -0.39 is 22.0 Å². The Balaban J connectivity index is 1.84. The van der Waals surface area contributed by atoms with Gasteiger partial charge in [0.1, 0.15) is 11.0 Å². The van der Waals surface area contributed by atoms with E-state index in [1.165, 1.54) is 31.3 Å². The highest BCUT2D eigenvalue weighted by atomic mass is 32.2. The quantitative estimate of drug-likeness (QED) is 0.414. The van der Waals surface area contributed by atoms with Gasteiger partial charge in [-0.25, -0.2) is 8.42 Å². The molecule has 180 valence electrons. The Labute approximate surface area is 196 Å². The number of nitrogens with zero attached hydrogens (tertiary/aromatic N) is 3. The molecule has 0 bridgehead atoms. The predicted molar refractivity (Wildman–Crippen MR) is 126 cm³/mol. The molecule has 11 heteroatoms. The van der Waals surface area contributed by atoms with E-state index in [9.17, 15) is 28.7 Å². The SMILES string of the molecule is CC(O)(CO)c1cc(Nc2nn(C3CCCCC3C#N)c3cc[nH]c(=O)c23)ccc1S(C)(=O)=O. The summed E-state index contributed by atoms with van der Waals surface area (Å²) in [5.74, 6) is 0.0325. The van der Waals surface area contributed by atoms with E-state index in [2.05, 4.69) is 21.5 Å². The Morgan fingerprint density at radius 1 is 1.32 bits per heavy atom. The molecule has 4 rings (SSSR count). The van der Waals surface area contributed by atoms with Crippen molar-refractivity contribution in [2.75, 3.05) is 18.2 Å². The highest BCUT2D eigenvalue weighted by Crippen LogP contribution is 2.37. The second kappa shape index (κ2) is 8.87. The van der Waals surface area contributed by atoms with E-state index in [1.54, 1.807) is 10.7 Å². The van der Waals surface area contributed by atoms with Crippen LogP contribution >= 0.6 is 0 Å². The minimum atomic E-state index is -3.68. The van der Waals surface area contributed by atoms with E-state index >= 15 is 0 Å². The summed E-state index contributed by atoms with van der Waals surface area (Å²) in [4.78, 5) is 15.3. The van der Waals surface area contributed by atoms with Gasteiger partial charge in [0, 0.05) is 23.7 Å². The smallest absolute Gasteiger partial charge is 0.261 e. The van der Waals surface area contributed by atoms with Gasteiger partial charge in [-0.1, -0.05) is 12.8 Å². The zero-order chi connectivity index (χ0) is 24.7. The first-order valence-electron chi connectivity index (χ1n) is 11.0. The Bertz CT molecular complexity index is 1430. The van der Waals surface area contributed by atoms with Crippen LogP contribution < -0.4 is 10.9 Å². The number of anilines is 2. The van der Waals surface area contributed by atoms with Gasteiger partial charge in [0.25, 0.3) is 5.56 Å². The van der Waals surface area contributed by atoms with Gasteiger partial charge in [0.05, 0.1) is 35.0 Å². The number of sulfone groups is 1. The normalized spacial score (nSPS) is 20.6. The lowest BCUT2D eigenvalue weighted by molar-refractivity contribution is -0.00451. The molecule has 0 amide bonds. The average molecular weight is 486 g/mol. The molecule has 1 aromatic carbocycles. The molecule has 0 aliphatic heterocycles. The highest BCUT2D eigenvalue weighted by molar-refractivity contribution is 7.90. The molecule has 1 aliphatic rings. The zero-order valence-electron chi connectivity index (χ0n) is 18.9. The first-order valence-corrected chi connectivity index (χ1v) is 12.9. The molecular formula is C23H27N5O5S. The van der Waals surface area contributed by atoms with Crippen LogP contribution in [0.1, 0.15) is 44.2 Å². The molecule has 1 fully saturated rings. The van der Waals surface area contributed by atoms with Crippen LogP contribution in [0.25, 0.3) is 10.9 Å². The number of pyridine rings is 1. The van der Waals surface area contributed by atoms with E-state index in [1.807, 2.05) is 0 Å². The number of aromatic amines is 1. The van der Waals surface area contributed by atoms with Gasteiger partial charge in [-0.05, 0) is 44.0 Å². The summed E-state index contributed by atoms with van der Waals surface area (Å²) in [5.41, 5.74) is -1.17. The van der Waals surface area contributed by atoms with Gasteiger partial charge in [-0.2, -0.15) is 10.4 Å². The topological polar surface area (TPSA) is 161 Å². The number of aliphatic hydroxyl groups is 2. The second-order valence-corrected chi connectivity index (χ2v) is 11.0. The van der Waals surface area contributed by atoms with E-state index in [-0.39, 0.29) is 33.8 Å². The van der Waals surface area contributed by atoms with Crippen molar-refractivity contribution in [2.45, 2.75) is 49.1 Å². The van der Waals surface area contributed by atoms with Crippen LogP contribution in [0.5, 0.6) is 0 Å². The van der Waals surface area contributed by atoms with Crippen molar-refractivity contribution < 1.29 is 18.6 Å². The van der Waals surface area contributed by atoms with Crippen molar-refractivity contribution in [1.29, 1.82) is 5.26 Å². The number of nitriles is 1. The Morgan fingerprint density at radius 2 is 2.06 bits per heavy atom. The number of aliphatic hydroxyl groups excluding tert-OH is 1. The third-order valence-electron chi connectivity index (χ3n) is 6.37. The summed E-state index contributed by atoms with van der Waals surface area (Å²) in [6.07, 6.45) is 6.03. The van der Waals surface area contributed by atoms with Crippen LogP contribution in [-0.4, -0.2) is 46.3 Å². The lowest BCUT2D eigenvalue weighted by atomic mass is 9.85. The molecule has 1 aliphatic carbocycles. The van der Waals surface area contributed by atoms with Gasteiger partial charge in [-0.15, -0.1) is 0 Å². The number of rotatable bonds is 6. The number of aromatic nitrogens is 3. The molecule has 3 unspecified atom stereocenters. The Kier molecular flexibility index (Phi) is 6.24. The lowest BCUT2D eigenvalue weighted by Gasteiger charge is -2.27. The predicted octanol–water partition coefficient (Wildman–Crippen LogP) is 2.33. The van der Waals surface area contributed by atoms with Crippen molar-refractivity contribution in [3.05, 3.63) is 46.4 Å². The standard InChI is InChI=1S/C23H27N5O5S/c1-23(31,13-29)16-11-15(7-8-19(16)34(2,32)33)26-21-20-18(9-10-25-22(20)30)28(27-21)17-6-4-3-5-14(17)12-24/h7-11,14,17,29,31H,3-6,13H2,1-2H3,(H,25,30)(H,26,27). The van der Waals surface area contributed by atoms with Crippen LogP contribution in [0, 0.1) is 17.2 Å². The summed E-state index contributed by atoms with van der Waals surface area (Å²) in [5, 5.41) is 38.0. The maximum Gasteiger partial charge on any atom is 0.261 e. The Morgan fingerprint density at radius 3 is 2.74 bits per heavy atom. The number of hydrogen-bond donors (Lipinski definition) is 4. The van der Waals surface area contributed by atoms with Crippen LogP contribution in [-0.2, 0) is 15.4 Å². The molecule has 0 radical (unpaired) electrons. The van der Waals surface area contributed by atoms with Crippen molar-refractivity contribution in [3.8, 4) is 6.07 Å². The van der Waals surface area contributed by atoms with Crippen LogP contribution in [0.2, 0.25) is 0 Å². The monoisotopic (exact) mass is 485 g/mol. The summed E-state index contributed by atoms with van der Waals surface area (Å²) >= 11 is 0. The molecule has 3 aromatic rings. The van der Waals surface area contributed by atoms with E-state index in [4.69, 9.17) is 0 Å². The number of fused-ring (bicyclic) bond motifs is 1. The Hall–Kier alpha value is -3.20. The summed E-state index contributed by atoms with van der Waals surface area (Å²) in [6, 6.07) is 8.21. The zero-order valence-corrected chi connectivity index (χ0v) is 19.8. The van der Waals surface area contributed by atoms with Gasteiger partial charge >= 0.3 is 0 Å². The number of hydrogen-bond acceptors (Lipinski definition) is 8. The first-order chi connectivity index (χ1) is 16.1. The molecule has 1 saturated carbocycles. The number of H-pyrrole nitrogens is 1. The van der Waals surface area contributed by atoms with Crippen molar-refractivity contribution in [3.63, 3.8) is 0 Å². The van der Waals surface area contributed by atoms with Crippen molar-refractivity contribution in [1.82, 2.24) is 14.8 Å². The molecule has 4 N–H and O–H groups in total. The molecule has 10 nitrogen and oxygen atoms in total. The van der Waals surface area contributed by atoms with Crippen LogP contribution in [0.4, 0.5) is 11.5 Å². The molecule has 34 heavy (non-hydrogen) atoms. The summed E-state index contributed by atoms with van der Waals surface area (Å²) in [6.45, 7) is 0.633. The number of nitrogens with one attached hydrogen (secondary N) is 2. The van der Waals surface area contributed by atoms with Crippen molar-refractivity contribution >= 4 is 32.2 Å². The minimum absolute atomic E-state index is 0.0250. The first kappa shape index (κ1) is 23.9. The van der Waals surface area contributed by atoms with Crippen LogP contribution in [0.15, 0.2) is 40.2 Å². The average Bonchev–Trinajstić information content (AvgIpc) is 3.17. The molecule has 2 heterocycles. The molecule has 3 atom stereocenters. The third kappa shape index (κ3) is 4.32. The summed E-state index contributed by atoms with van der Waals surface area (Å²) < 4.78 is 26.2. The van der Waals surface area contributed by atoms with E-state index in [0.717, 1.165) is 31.9 Å². The fraction of sp³-hybridized carbons (Fsp3) is 0.435. The van der Waals surface area contributed by atoms with Gasteiger partial charge in [-0.3, -0.25) is 9.48 Å². The fourth-order valence-electron chi connectivity index (χ4n) is 4.57. The minimum Gasteiger partial charge on any atom is -0.393 e. The molecule has 0 saturated heterocycles. The molecular weight excluding hydrogens is 458 g/mol. The van der Waals surface area contributed by atoms with Gasteiger partial charge < -0.3 is 20.5 Å². The largest absolute Gasteiger partial charge is 0.393 e. The molecule has 0 spiro atoms. The maximum atomic E-state index is 12.7. The van der Waals surface area contributed by atoms with Crippen molar-refractivity contribution in [2.24, 2.45) is 5.92 Å². The highest BCUT2D eigenvalue weighted by Gasteiger charge is 2.31. The van der Waals surface area contributed by atoms with Gasteiger partial charge in [0.15, 0.2) is 15.7 Å². The third-order valence-corrected chi connectivity index (χ3v) is 7.52. The fourth-order valence-corrected chi connectivity index (χ4v) is 5.56. The second-order valence-electron chi connectivity index (χ2n) is 8.99. The van der Waals surface area contributed by atoms with E-state index in [0.29, 0.717) is 16.6 Å².